The van der Waals surface area contributed by atoms with E-state index in [9.17, 15) is 9.59 Å². The number of carbonyl (C=O) groups excluding carboxylic acids is 2. The second-order valence-corrected chi connectivity index (χ2v) is 11.5. The number of rotatable bonds is 5. The Morgan fingerprint density at radius 2 is 1.85 bits per heavy atom. The molecule has 10 nitrogen and oxygen atoms in total. The molecule has 0 radical (unpaired) electrons. The molecule has 1 atom stereocenters. The van der Waals surface area contributed by atoms with Crippen molar-refractivity contribution in [2.45, 2.75) is 77.2 Å². The lowest BCUT2D eigenvalue weighted by Gasteiger charge is -2.40. The maximum Gasteiger partial charge on any atom is 0.410 e. The highest BCUT2D eigenvalue weighted by molar-refractivity contribution is 6.31. The third-order valence-electron chi connectivity index (χ3n) is 6.83. The number of halogens is 1. The average Bonchev–Trinajstić information content (AvgIpc) is 2.89. The van der Waals surface area contributed by atoms with Gasteiger partial charge in [0.05, 0.1) is 16.7 Å². The lowest BCUT2D eigenvalue weighted by atomic mass is 9.93. The van der Waals surface area contributed by atoms with Crippen LogP contribution in [0.3, 0.4) is 0 Å². The standard InChI is InChI=1S/C28H35ClN6O4/c1-18-17-34(27(37)39-28(2,3)4)13-14-35(18)25-12-11-24(32-33-25)26(36)31-20-6-9-21(10-7-20)38-22-8-5-19(16-30)23(29)15-22/h5,8,11-12,15,18,20-21H,6-7,9-10,13-14,17H2,1-4H3,(H,31,36)/t18-,20-,21-/m0/s1. The fraction of sp³-hybridized carbons (Fsp3) is 0.536. The number of nitriles is 1. The molecule has 11 heteroatoms. The molecule has 1 aromatic carbocycles. The van der Waals surface area contributed by atoms with E-state index in [2.05, 4.69) is 20.4 Å². The van der Waals surface area contributed by atoms with Crippen molar-refractivity contribution in [3.8, 4) is 11.8 Å². The third kappa shape index (κ3) is 7.51. The SMILES string of the molecule is C[C@H]1CN(C(=O)OC(C)(C)C)CCN1c1ccc(C(=O)N[C@H]2CC[C@H](Oc3ccc(C#N)c(Cl)c3)CC2)nn1. The number of ether oxygens (including phenoxy) is 2. The Bertz CT molecular complexity index is 1220. The quantitative estimate of drug-likeness (QED) is 0.570. The summed E-state index contributed by atoms with van der Waals surface area (Å²) in [6.45, 7) is 9.22. The van der Waals surface area contributed by atoms with Crippen LogP contribution in [0.2, 0.25) is 5.02 Å². The fourth-order valence-corrected chi connectivity index (χ4v) is 5.04. The zero-order chi connectivity index (χ0) is 28.2. The van der Waals surface area contributed by atoms with Gasteiger partial charge in [0.1, 0.15) is 17.4 Å². The predicted octanol–water partition coefficient (Wildman–Crippen LogP) is 4.57. The van der Waals surface area contributed by atoms with Crippen molar-refractivity contribution in [1.82, 2.24) is 20.4 Å². The molecule has 4 rings (SSSR count). The molecule has 2 aromatic rings. The first-order valence-electron chi connectivity index (χ1n) is 13.3. The Balaban J connectivity index is 1.24. The summed E-state index contributed by atoms with van der Waals surface area (Å²) in [7, 11) is 0. The van der Waals surface area contributed by atoms with Crippen molar-refractivity contribution in [2.75, 3.05) is 24.5 Å². The molecule has 1 aromatic heterocycles. The highest BCUT2D eigenvalue weighted by atomic mass is 35.5. The number of hydrogen-bond acceptors (Lipinski definition) is 8. The van der Waals surface area contributed by atoms with Gasteiger partial charge in [0, 0.05) is 37.8 Å². The Hall–Kier alpha value is -3.58. The summed E-state index contributed by atoms with van der Waals surface area (Å²) in [6, 6.07) is 10.7. The molecule has 2 heterocycles. The van der Waals surface area contributed by atoms with Crippen LogP contribution in [-0.4, -0.2) is 70.5 Å². The molecule has 0 unspecified atom stereocenters. The summed E-state index contributed by atoms with van der Waals surface area (Å²) in [6.07, 6.45) is 2.86. The van der Waals surface area contributed by atoms with Crippen molar-refractivity contribution in [1.29, 1.82) is 5.26 Å². The minimum absolute atomic E-state index is 0.0259. The van der Waals surface area contributed by atoms with Crippen molar-refractivity contribution >= 4 is 29.4 Å². The van der Waals surface area contributed by atoms with Gasteiger partial charge in [0.2, 0.25) is 0 Å². The molecule has 208 valence electrons. The number of hydrogen-bond donors (Lipinski definition) is 1. The molecule has 1 saturated carbocycles. The smallest absolute Gasteiger partial charge is 0.410 e. The molecular weight excluding hydrogens is 520 g/mol. The van der Waals surface area contributed by atoms with E-state index in [4.69, 9.17) is 26.3 Å². The molecule has 1 aliphatic carbocycles. The van der Waals surface area contributed by atoms with Crippen LogP contribution >= 0.6 is 11.6 Å². The topological polar surface area (TPSA) is 121 Å². The van der Waals surface area contributed by atoms with E-state index < -0.39 is 5.60 Å². The van der Waals surface area contributed by atoms with E-state index in [0.717, 1.165) is 25.7 Å². The normalized spacial score (nSPS) is 21.6. The first-order valence-corrected chi connectivity index (χ1v) is 13.7. The van der Waals surface area contributed by atoms with E-state index in [1.807, 2.05) is 33.8 Å². The predicted molar refractivity (Wildman–Crippen MR) is 147 cm³/mol. The van der Waals surface area contributed by atoms with Crippen LogP contribution in [0.15, 0.2) is 30.3 Å². The number of aromatic nitrogens is 2. The summed E-state index contributed by atoms with van der Waals surface area (Å²) in [5.41, 5.74) is 0.152. The van der Waals surface area contributed by atoms with Gasteiger partial charge in [-0.2, -0.15) is 5.26 Å². The Morgan fingerprint density at radius 3 is 2.44 bits per heavy atom. The zero-order valence-corrected chi connectivity index (χ0v) is 23.6. The summed E-state index contributed by atoms with van der Waals surface area (Å²) >= 11 is 6.10. The second-order valence-electron chi connectivity index (χ2n) is 11.1. The molecule has 2 amide bonds. The van der Waals surface area contributed by atoms with Crippen LogP contribution in [0.5, 0.6) is 5.75 Å². The van der Waals surface area contributed by atoms with Gasteiger partial charge >= 0.3 is 6.09 Å². The molecule has 1 N–H and O–H groups in total. The summed E-state index contributed by atoms with van der Waals surface area (Å²) in [5, 5.41) is 20.9. The first kappa shape index (κ1) is 28.4. The lowest BCUT2D eigenvalue weighted by Crippen LogP contribution is -2.54. The monoisotopic (exact) mass is 554 g/mol. The van der Waals surface area contributed by atoms with Gasteiger partial charge in [-0.05, 0) is 77.6 Å². The highest BCUT2D eigenvalue weighted by Crippen LogP contribution is 2.27. The zero-order valence-electron chi connectivity index (χ0n) is 22.8. The Labute approximate surface area is 234 Å². The van der Waals surface area contributed by atoms with Gasteiger partial charge < -0.3 is 24.6 Å². The van der Waals surface area contributed by atoms with Crippen molar-refractivity contribution in [3.05, 3.63) is 46.6 Å². The lowest BCUT2D eigenvalue weighted by molar-refractivity contribution is 0.0218. The van der Waals surface area contributed by atoms with Gasteiger partial charge in [-0.1, -0.05) is 11.6 Å². The average molecular weight is 555 g/mol. The van der Waals surface area contributed by atoms with Gasteiger partial charge in [0.15, 0.2) is 11.5 Å². The van der Waals surface area contributed by atoms with Gasteiger partial charge in [0.25, 0.3) is 5.91 Å². The minimum Gasteiger partial charge on any atom is -0.490 e. The van der Waals surface area contributed by atoms with Crippen molar-refractivity contribution in [2.24, 2.45) is 0 Å². The number of anilines is 1. The number of piperazine rings is 1. The summed E-state index contributed by atoms with van der Waals surface area (Å²) in [4.78, 5) is 29.0. The molecule has 0 bridgehead atoms. The van der Waals surface area contributed by atoms with Crippen LogP contribution in [0.25, 0.3) is 0 Å². The van der Waals surface area contributed by atoms with Gasteiger partial charge in [-0.3, -0.25) is 4.79 Å². The Kier molecular flexibility index (Phi) is 8.80. The number of benzene rings is 1. The molecule has 1 saturated heterocycles. The van der Waals surface area contributed by atoms with Crippen LogP contribution in [0.4, 0.5) is 10.6 Å². The maximum absolute atomic E-state index is 12.8. The van der Waals surface area contributed by atoms with E-state index >= 15 is 0 Å². The van der Waals surface area contributed by atoms with Crippen LogP contribution in [-0.2, 0) is 4.74 Å². The van der Waals surface area contributed by atoms with Crippen molar-refractivity contribution < 1.29 is 19.1 Å². The van der Waals surface area contributed by atoms with Crippen LogP contribution in [0, 0.1) is 11.3 Å². The van der Waals surface area contributed by atoms with Crippen LogP contribution < -0.4 is 15.0 Å². The molecular formula is C28H35ClN6O4. The van der Waals surface area contributed by atoms with E-state index in [-0.39, 0.29) is 35.9 Å². The van der Waals surface area contributed by atoms with Crippen LogP contribution in [0.1, 0.15) is 69.4 Å². The summed E-state index contributed by atoms with van der Waals surface area (Å²) in [5.74, 6) is 1.06. The van der Waals surface area contributed by atoms with E-state index in [1.165, 1.54) is 0 Å². The van der Waals surface area contributed by atoms with E-state index in [1.54, 1.807) is 35.2 Å². The van der Waals surface area contributed by atoms with Gasteiger partial charge in [-0.15, -0.1) is 10.2 Å². The maximum atomic E-state index is 12.8. The largest absolute Gasteiger partial charge is 0.490 e. The third-order valence-corrected chi connectivity index (χ3v) is 7.14. The van der Waals surface area contributed by atoms with Crippen molar-refractivity contribution in [3.63, 3.8) is 0 Å². The Morgan fingerprint density at radius 1 is 1.10 bits per heavy atom. The number of nitrogens with zero attached hydrogens (tertiary/aromatic N) is 5. The highest BCUT2D eigenvalue weighted by Gasteiger charge is 2.31. The fourth-order valence-electron chi connectivity index (χ4n) is 4.83. The van der Waals surface area contributed by atoms with Gasteiger partial charge in [-0.25, -0.2) is 4.79 Å². The number of nitrogens with one attached hydrogen (secondary N) is 1. The number of carbonyl (C=O) groups is 2. The summed E-state index contributed by atoms with van der Waals surface area (Å²) < 4.78 is 11.5. The molecule has 1 aliphatic heterocycles. The van der Waals surface area contributed by atoms with E-state index in [0.29, 0.717) is 41.8 Å². The second kappa shape index (κ2) is 12.1. The first-order chi connectivity index (χ1) is 18.5. The minimum atomic E-state index is -0.534. The molecule has 2 fully saturated rings. The molecule has 2 aliphatic rings. The molecule has 0 spiro atoms. The number of amides is 2. The molecule has 39 heavy (non-hydrogen) atoms.